The van der Waals surface area contributed by atoms with Gasteiger partial charge < -0.3 is 20.9 Å². The Balaban J connectivity index is 1.72. The summed E-state index contributed by atoms with van der Waals surface area (Å²) >= 11 is 0. The minimum absolute atomic E-state index is 0.0252. The highest BCUT2D eigenvalue weighted by atomic mass is 19.1. The highest BCUT2D eigenvalue weighted by Gasteiger charge is 2.22. The van der Waals surface area contributed by atoms with Crippen LogP contribution < -0.4 is 16.0 Å². The van der Waals surface area contributed by atoms with E-state index in [1.54, 1.807) is 17.0 Å². The Labute approximate surface area is 148 Å². The van der Waals surface area contributed by atoms with Crippen molar-refractivity contribution in [2.45, 2.75) is 26.3 Å². The molecular formula is C18H27FN4O2. The number of halogens is 1. The van der Waals surface area contributed by atoms with Crippen LogP contribution in [0.2, 0.25) is 0 Å². The molecule has 1 saturated heterocycles. The molecule has 1 heterocycles. The van der Waals surface area contributed by atoms with Crippen molar-refractivity contribution in [3.63, 3.8) is 0 Å². The van der Waals surface area contributed by atoms with Crippen molar-refractivity contribution in [2.24, 2.45) is 11.7 Å². The second-order valence-corrected chi connectivity index (χ2v) is 6.66. The van der Waals surface area contributed by atoms with Gasteiger partial charge in [0.15, 0.2) is 0 Å². The molecule has 3 N–H and O–H groups in total. The fourth-order valence-electron chi connectivity index (χ4n) is 2.74. The summed E-state index contributed by atoms with van der Waals surface area (Å²) in [4.78, 5) is 27.9. The van der Waals surface area contributed by atoms with Gasteiger partial charge in [-0.3, -0.25) is 9.59 Å². The number of hydrogen-bond donors (Lipinski definition) is 2. The first-order valence-corrected chi connectivity index (χ1v) is 8.70. The van der Waals surface area contributed by atoms with E-state index in [9.17, 15) is 14.0 Å². The lowest BCUT2D eigenvalue weighted by Gasteiger charge is -2.36. The standard InChI is InChI=1S/C18H27FN4O2/c1-13(2)17(20)18(25)21-8-7-16(24)23-11-9-22(10-12-23)15-5-3-14(19)4-6-15/h3-6,13,17H,7-12,20H2,1-2H3,(H,21,25)/t17-/m0/s1. The molecule has 25 heavy (non-hydrogen) atoms. The number of anilines is 1. The summed E-state index contributed by atoms with van der Waals surface area (Å²) < 4.78 is 13.0. The molecule has 1 atom stereocenters. The number of carbonyl (C=O) groups excluding carboxylic acids is 2. The predicted octanol–water partition coefficient (Wildman–Crippen LogP) is 0.964. The molecule has 138 valence electrons. The van der Waals surface area contributed by atoms with E-state index >= 15 is 0 Å². The van der Waals surface area contributed by atoms with E-state index in [1.165, 1.54) is 12.1 Å². The van der Waals surface area contributed by atoms with Gasteiger partial charge in [-0.2, -0.15) is 0 Å². The van der Waals surface area contributed by atoms with Crippen LogP contribution in [0.15, 0.2) is 24.3 Å². The average Bonchev–Trinajstić information content (AvgIpc) is 2.61. The molecule has 1 aliphatic rings. The van der Waals surface area contributed by atoms with Gasteiger partial charge in [0.1, 0.15) is 5.82 Å². The third kappa shape index (κ3) is 5.42. The summed E-state index contributed by atoms with van der Waals surface area (Å²) in [6, 6.07) is 5.84. The first-order chi connectivity index (χ1) is 11.9. The number of rotatable bonds is 6. The van der Waals surface area contributed by atoms with Gasteiger partial charge in [-0.15, -0.1) is 0 Å². The summed E-state index contributed by atoms with van der Waals surface area (Å²) in [7, 11) is 0. The third-order valence-corrected chi connectivity index (χ3v) is 4.48. The van der Waals surface area contributed by atoms with E-state index in [2.05, 4.69) is 10.2 Å². The number of nitrogens with two attached hydrogens (primary N) is 1. The fraction of sp³-hybridized carbons (Fsp3) is 0.556. The largest absolute Gasteiger partial charge is 0.368 e. The highest BCUT2D eigenvalue weighted by molar-refractivity contribution is 5.82. The van der Waals surface area contributed by atoms with E-state index in [0.29, 0.717) is 32.7 Å². The van der Waals surface area contributed by atoms with Gasteiger partial charge in [0.05, 0.1) is 6.04 Å². The summed E-state index contributed by atoms with van der Waals surface area (Å²) in [5.74, 6) is -0.381. The van der Waals surface area contributed by atoms with Gasteiger partial charge in [-0.05, 0) is 30.2 Å². The van der Waals surface area contributed by atoms with E-state index < -0.39 is 6.04 Å². The van der Waals surface area contributed by atoms with Gasteiger partial charge >= 0.3 is 0 Å². The Hall–Kier alpha value is -2.15. The minimum atomic E-state index is -0.547. The molecular weight excluding hydrogens is 323 g/mol. The first-order valence-electron chi connectivity index (χ1n) is 8.70. The van der Waals surface area contributed by atoms with Crippen LogP contribution in [-0.4, -0.2) is 55.5 Å². The smallest absolute Gasteiger partial charge is 0.237 e. The van der Waals surface area contributed by atoms with Gasteiger partial charge in [-0.1, -0.05) is 13.8 Å². The monoisotopic (exact) mass is 350 g/mol. The zero-order valence-electron chi connectivity index (χ0n) is 14.9. The molecule has 7 heteroatoms. The van der Waals surface area contributed by atoms with Gasteiger partial charge in [-0.25, -0.2) is 4.39 Å². The van der Waals surface area contributed by atoms with Gasteiger partial charge in [0.25, 0.3) is 0 Å². The molecule has 0 unspecified atom stereocenters. The van der Waals surface area contributed by atoms with Crippen LogP contribution in [-0.2, 0) is 9.59 Å². The lowest BCUT2D eigenvalue weighted by Crippen LogP contribution is -2.50. The lowest BCUT2D eigenvalue weighted by atomic mass is 10.1. The number of hydrogen-bond acceptors (Lipinski definition) is 4. The molecule has 1 fully saturated rings. The molecule has 0 aliphatic carbocycles. The second-order valence-electron chi connectivity index (χ2n) is 6.66. The van der Waals surface area contributed by atoms with E-state index in [1.807, 2.05) is 13.8 Å². The van der Waals surface area contributed by atoms with Crippen molar-refractivity contribution < 1.29 is 14.0 Å². The Morgan fingerprint density at radius 3 is 2.32 bits per heavy atom. The van der Waals surface area contributed by atoms with Crippen molar-refractivity contribution in [1.82, 2.24) is 10.2 Å². The number of amides is 2. The quantitative estimate of drug-likeness (QED) is 0.801. The topological polar surface area (TPSA) is 78.7 Å². The van der Waals surface area contributed by atoms with Crippen LogP contribution in [0.1, 0.15) is 20.3 Å². The number of nitrogens with zero attached hydrogens (tertiary/aromatic N) is 2. The first kappa shape index (κ1) is 19.2. The summed E-state index contributed by atoms with van der Waals surface area (Å²) in [6.45, 7) is 6.73. The summed E-state index contributed by atoms with van der Waals surface area (Å²) in [6.07, 6.45) is 0.271. The van der Waals surface area contributed by atoms with E-state index in [-0.39, 0.29) is 30.0 Å². The molecule has 0 saturated carbocycles. The van der Waals surface area contributed by atoms with Crippen molar-refractivity contribution in [3.8, 4) is 0 Å². The van der Waals surface area contributed by atoms with Crippen LogP contribution >= 0.6 is 0 Å². The van der Waals surface area contributed by atoms with E-state index in [0.717, 1.165) is 5.69 Å². The number of nitrogens with one attached hydrogen (secondary N) is 1. The number of piperazine rings is 1. The number of carbonyl (C=O) groups is 2. The van der Waals surface area contributed by atoms with Crippen LogP contribution in [0.5, 0.6) is 0 Å². The number of benzene rings is 1. The predicted molar refractivity (Wildman–Crippen MR) is 95.6 cm³/mol. The molecule has 2 rings (SSSR count). The zero-order chi connectivity index (χ0) is 18.4. The normalized spacial score (nSPS) is 16.0. The average molecular weight is 350 g/mol. The lowest BCUT2D eigenvalue weighted by molar-refractivity contribution is -0.131. The Bertz CT molecular complexity index is 583. The van der Waals surface area contributed by atoms with Gasteiger partial charge in [0, 0.05) is 44.8 Å². The van der Waals surface area contributed by atoms with Crippen molar-refractivity contribution >= 4 is 17.5 Å². The van der Waals surface area contributed by atoms with Gasteiger partial charge in [0.2, 0.25) is 11.8 Å². The molecule has 0 radical (unpaired) electrons. The molecule has 6 nitrogen and oxygen atoms in total. The maximum Gasteiger partial charge on any atom is 0.237 e. The van der Waals surface area contributed by atoms with Crippen LogP contribution in [0.25, 0.3) is 0 Å². The maximum atomic E-state index is 13.0. The molecule has 2 amide bonds. The Morgan fingerprint density at radius 1 is 1.16 bits per heavy atom. The summed E-state index contributed by atoms with van der Waals surface area (Å²) in [5, 5.41) is 2.72. The third-order valence-electron chi connectivity index (χ3n) is 4.48. The zero-order valence-corrected chi connectivity index (χ0v) is 14.9. The molecule has 1 aromatic rings. The fourth-order valence-corrected chi connectivity index (χ4v) is 2.74. The maximum absolute atomic E-state index is 13.0. The summed E-state index contributed by atoms with van der Waals surface area (Å²) in [5.41, 5.74) is 6.72. The van der Waals surface area contributed by atoms with Crippen LogP contribution in [0, 0.1) is 11.7 Å². The molecule has 0 spiro atoms. The van der Waals surface area contributed by atoms with Crippen molar-refractivity contribution in [2.75, 3.05) is 37.6 Å². The van der Waals surface area contributed by atoms with Crippen molar-refractivity contribution in [1.29, 1.82) is 0 Å². The Kier molecular flexibility index (Phi) is 6.75. The second kappa shape index (κ2) is 8.80. The van der Waals surface area contributed by atoms with Crippen LogP contribution in [0.4, 0.5) is 10.1 Å². The SMILES string of the molecule is CC(C)[C@H](N)C(=O)NCCC(=O)N1CCN(c2ccc(F)cc2)CC1. The molecule has 0 aromatic heterocycles. The molecule has 1 aromatic carbocycles. The molecule has 1 aliphatic heterocycles. The Morgan fingerprint density at radius 2 is 1.76 bits per heavy atom. The molecule has 0 bridgehead atoms. The van der Waals surface area contributed by atoms with Crippen LogP contribution in [0.3, 0.4) is 0 Å². The van der Waals surface area contributed by atoms with Crippen molar-refractivity contribution in [3.05, 3.63) is 30.1 Å². The highest BCUT2D eigenvalue weighted by Crippen LogP contribution is 2.17. The van der Waals surface area contributed by atoms with E-state index in [4.69, 9.17) is 5.73 Å². The minimum Gasteiger partial charge on any atom is -0.368 e.